The molecule has 0 radical (unpaired) electrons. The van der Waals surface area contributed by atoms with Gasteiger partial charge in [0.2, 0.25) is 10.0 Å². The molecule has 1 aromatic carbocycles. The maximum absolute atomic E-state index is 12.6. The molecule has 5 heteroatoms. The van der Waals surface area contributed by atoms with E-state index in [-0.39, 0.29) is 6.04 Å². The average Bonchev–Trinajstić information content (AvgIpc) is 2.77. The van der Waals surface area contributed by atoms with Crippen LogP contribution in [0.5, 0.6) is 0 Å². The zero-order valence-corrected chi connectivity index (χ0v) is 13.3. The molecular formula is C15H24N2O2S. The summed E-state index contributed by atoms with van der Waals surface area (Å²) < 4.78 is 28.0. The number of hydrogen-bond donors (Lipinski definition) is 2. The lowest BCUT2D eigenvalue weighted by molar-refractivity contribution is 0.476. The van der Waals surface area contributed by atoms with Gasteiger partial charge in [0, 0.05) is 12.6 Å². The van der Waals surface area contributed by atoms with Crippen LogP contribution in [0.1, 0.15) is 37.3 Å². The first kappa shape index (κ1) is 15.5. The van der Waals surface area contributed by atoms with E-state index in [0.29, 0.717) is 17.4 Å². The quantitative estimate of drug-likeness (QED) is 0.875. The summed E-state index contributed by atoms with van der Waals surface area (Å²) in [5, 5.41) is 3.07. The lowest BCUT2D eigenvalue weighted by Gasteiger charge is -2.19. The summed E-state index contributed by atoms with van der Waals surface area (Å²) in [4.78, 5) is 0.407. The third-order valence-corrected chi connectivity index (χ3v) is 5.86. The van der Waals surface area contributed by atoms with Gasteiger partial charge < -0.3 is 5.32 Å². The summed E-state index contributed by atoms with van der Waals surface area (Å²) in [6.07, 6.45) is 3.15. The highest BCUT2D eigenvalue weighted by atomic mass is 32.2. The van der Waals surface area contributed by atoms with Crippen molar-refractivity contribution in [2.45, 2.75) is 50.6 Å². The zero-order valence-electron chi connectivity index (χ0n) is 12.4. The molecule has 20 heavy (non-hydrogen) atoms. The highest BCUT2D eigenvalue weighted by Crippen LogP contribution is 2.27. The highest BCUT2D eigenvalue weighted by molar-refractivity contribution is 7.89. The second-order valence-electron chi connectivity index (χ2n) is 5.71. The van der Waals surface area contributed by atoms with Crippen LogP contribution in [0.2, 0.25) is 0 Å². The van der Waals surface area contributed by atoms with E-state index in [1.54, 1.807) is 6.07 Å². The lowest BCUT2D eigenvalue weighted by atomic mass is 10.1. The van der Waals surface area contributed by atoms with Gasteiger partial charge in [0.1, 0.15) is 0 Å². The van der Waals surface area contributed by atoms with E-state index in [9.17, 15) is 8.42 Å². The SMILES string of the molecule is CNCc1cccc(S(=O)(=O)NC2CCCC2C)c1C. The molecule has 2 atom stereocenters. The van der Waals surface area contributed by atoms with E-state index in [1.807, 2.05) is 26.1 Å². The Morgan fingerprint density at radius 3 is 2.65 bits per heavy atom. The number of sulfonamides is 1. The number of benzene rings is 1. The van der Waals surface area contributed by atoms with Gasteiger partial charge >= 0.3 is 0 Å². The molecule has 2 N–H and O–H groups in total. The van der Waals surface area contributed by atoms with E-state index in [1.165, 1.54) is 0 Å². The lowest BCUT2D eigenvalue weighted by Crippen LogP contribution is -2.36. The van der Waals surface area contributed by atoms with Crippen LogP contribution in [0.25, 0.3) is 0 Å². The fourth-order valence-corrected chi connectivity index (χ4v) is 4.58. The predicted octanol–water partition coefficient (Wildman–Crippen LogP) is 2.18. The van der Waals surface area contributed by atoms with Crippen molar-refractivity contribution < 1.29 is 8.42 Å². The third kappa shape index (κ3) is 3.22. The highest BCUT2D eigenvalue weighted by Gasteiger charge is 2.29. The van der Waals surface area contributed by atoms with Crippen molar-refractivity contribution in [3.63, 3.8) is 0 Å². The number of rotatable bonds is 5. The van der Waals surface area contributed by atoms with Crippen molar-refractivity contribution in [1.82, 2.24) is 10.0 Å². The molecular weight excluding hydrogens is 272 g/mol. The van der Waals surface area contributed by atoms with Crippen LogP contribution in [0.15, 0.2) is 23.1 Å². The van der Waals surface area contributed by atoms with Gasteiger partial charge in [-0.1, -0.05) is 25.5 Å². The molecule has 112 valence electrons. The van der Waals surface area contributed by atoms with E-state index in [0.717, 1.165) is 30.4 Å². The molecule has 0 bridgehead atoms. The average molecular weight is 296 g/mol. The molecule has 0 heterocycles. The summed E-state index contributed by atoms with van der Waals surface area (Å²) in [6.45, 7) is 4.67. The predicted molar refractivity (Wildman–Crippen MR) is 81.1 cm³/mol. The van der Waals surface area contributed by atoms with Crippen molar-refractivity contribution in [2.24, 2.45) is 5.92 Å². The topological polar surface area (TPSA) is 58.2 Å². The standard InChI is InChI=1S/C15H24N2O2S/c1-11-6-4-8-14(11)17-20(18,19)15-9-5-7-13(10-16-3)12(15)2/h5,7,9,11,14,16-17H,4,6,8,10H2,1-3H3. The number of nitrogens with one attached hydrogen (secondary N) is 2. The molecule has 2 unspecified atom stereocenters. The van der Waals surface area contributed by atoms with Crippen LogP contribution < -0.4 is 10.0 Å². The number of hydrogen-bond acceptors (Lipinski definition) is 3. The molecule has 0 amide bonds. The first-order valence-corrected chi connectivity index (χ1v) is 8.69. The Labute approximate surface area is 122 Å². The van der Waals surface area contributed by atoms with E-state index in [4.69, 9.17) is 0 Å². The molecule has 1 aliphatic carbocycles. The van der Waals surface area contributed by atoms with Crippen LogP contribution in [-0.2, 0) is 16.6 Å². The van der Waals surface area contributed by atoms with Crippen LogP contribution >= 0.6 is 0 Å². The molecule has 0 aromatic heterocycles. The minimum absolute atomic E-state index is 0.0763. The van der Waals surface area contributed by atoms with Gasteiger partial charge in [-0.15, -0.1) is 0 Å². The Morgan fingerprint density at radius 1 is 1.30 bits per heavy atom. The second-order valence-corrected chi connectivity index (χ2v) is 7.39. The first-order valence-electron chi connectivity index (χ1n) is 7.21. The second kappa shape index (κ2) is 6.24. The Morgan fingerprint density at radius 2 is 2.05 bits per heavy atom. The normalized spacial score (nSPS) is 23.1. The van der Waals surface area contributed by atoms with Gasteiger partial charge in [-0.05, 0) is 49.9 Å². The van der Waals surface area contributed by atoms with E-state index in [2.05, 4.69) is 17.0 Å². The fourth-order valence-electron chi connectivity index (χ4n) is 2.92. The Balaban J connectivity index is 2.27. The fraction of sp³-hybridized carbons (Fsp3) is 0.600. The van der Waals surface area contributed by atoms with Crippen LogP contribution in [0, 0.1) is 12.8 Å². The minimum Gasteiger partial charge on any atom is -0.316 e. The van der Waals surface area contributed by atoms with Gasteiger partial charge in [-0.25, -0.2) is 13.1 Å². The van der Waals surface area contributed by atoms with Gasteiger partial charge in [0.05, 0.1) is 4.90 Å². The third-order valence-electron chi connectivity index (χ3n) is 4.22. The van der Waals surface area contributed by atoms with Crippen LogP contribution in [-0.4, -0.2) is 21.5 Å². The Bertz CT molecular complexity index is 569. The summed E-state index contributed by atoms with van der Waals surface area (Å²) in [5.74, 6) is 0.422. The zero-order chi connectivity index (χ0) is 14.8. The molecule has 1 fully saturated rings. The molecule has 1 aliphatic rings. The van der Waals surface area contributed by atoms with Crippen molar-refractivity contribution in [2.75, 3.05) is 7.05 Å². The Hall–Kier alpha value is -0.910. The molecule has 1 saturated carbocycles. The maximum Gasteiger partial charge on any atom is 0.241 e. The van der Waals surface area contributed by atoms with Gasteiger partial charge in [0.25, 0.3) is 0 Å². The largest absolute Gasteiger partial charge is 0.316 e. The van der Waals surface area contributed by atoms with Gasteiger partial charge in [-0.3, -0.25) is 0 Å². The van der Waals surface area contributed by atoms with Crippen molar-refractivity contribution in [3.8, 4) is 0 Å². The summed E-state index contributed by atoms with van der Waals surface area (Å²) >= 11 is 0. The molecule has 0 aliphatic heterocycles. The van der Waals surface area contributed by atoms with Gasteiger partial charge in [0.15, 0.2) is 0 Å². The first-order chi connectivity index (χ1) is 9.45. The smallest absolute Gasteiger partial charge is 0.241 e. The van der Waals surface area contributed by atoms with Crippen molar-refractivity contribution >= 4 is 10.0 Å². The summed E-state index contributed by atoms with van der Waals surface area (Å²) in [6, 6.07) is 5.54. The summed E-state index contributed by atoms with van der Waals surface area (Å²) in [7, 11) is -1.57. The molecule has 0 spiro atoms. The molecule has 4 nitrogen and oxygen atoms in total. The minimum atomic E-state index is -3.43. The van der Waals surface area contributed by atoms with E-state index >= 15 is 0 Å². The Kier molecular flexibility index (Phi) is 4.83. The molecule has 0 saturated heterocycles. The molecule has 1 aromatic rings. The van der Waals surface area contributed by atoms with Crippen LogP contribution in [0.4, 0.5) is 0 Å². The maximum atomic E-state index is 12.6. The van der Waals surface area contributed by atoms with Crippen molar-refractivity contribution in [1.29, 1.82) is 0 Å². The molecule has 2 rings (SSSR count). The monoisotopic (exact) mass is 296 g/mol. The van der Waals surface area contributed by atoms with E-state index < -0.39 is 10.0 Å². The van der Waals surface area contributed by atoms with Gasteiger partial charge in [-0.2, -0.15) is 0 Å². The van der Waals surface area contributed by atoms with Crippen molar-refractivity contribution in [3.05, 3.63) is 29.3 Å². The van der Waals surface area contributed by atoms with Crippen LogP contribution in [0.3, 0.4) is 0 Å². The summed E-state index contributed by atoms with van der Waals surface area (Å²) in [5.41, 5.74) is 1.86.